The highest BCUT2D eigenvalue weighted by molar-refractivity contribution is 5.91. The molecule has 2 aromatic heterocycles. The molecule has 4 rings (SSSR count). The first kappa shape index (κ1) is 21.2. The first-order valence-corrected chi connectivity index (χ1v) is 10.2. The molecule has 2 heterocycles. The summed E-state index contributed by atoms with van der Waals surface area (Å²) >= 11 is 0. The predicted molar refractivity (Wildman–Crippen MR) is 119 cm³/mol. The second kappa shape index (κ2) is 9.38. The zero-order valence-electron chi connectivity index (χ0n) is 17.9. The van der Waals surface area contributed by atoms with E-state index in [0.29, 0.717) is 24.1 Å². The smallest absolute Gasteiger partial charge is 0.359 e. The summed E-state index contributed by atoms with van der Waals surface area (Å²) in [7, 11) is 0. The van der Waals surface area contributed by atoms with Crippen LogP contribution in [-0.4, -0.2) is 38.2 Å². The lowest BCUT2D eigenvalue weighted by molar-refractivity contribution is -0.124. The molecule has 0 radical (unpaired) electrons. The summed E-state index contributed by atoms with van der Waals surface area (Å²) < 4.78 is 7.02. The molecule has 0 atom stereocenters. The maximum atomic E-state index is 12.2. The Hall–Kier alpha value is -4.07. The fourth-order valence-electron chi connectivity index (χ4n) is 3.40. The minimum Gasteiger partial charge on any atom is -0.451 e. The highest BCUT2D eigenvalue weighted by atomic mass is 16.5. The standard InChI is InChI=1S/C24H23N5O3/c1-16-19(17(2)29(28-16)14-18-8-4-3-5-9-18)12-26-23(30)15-32-24(31)22-13-25-20-10-6-7-11-21(20)27-22/h3-11,13H,12,14-15H2,1-2H3,(H,26,30). The number of carbonyl (C=O) groups excluding carboxylic acids is 2. The Morgan fingerprint density at radius 2 is 1.72 bits per heavy atom. The van der Waals surface area contributed by atoms with Crippen LogP contribution in [-0.2, 0) is 22.6 Å². The van der Waals surface area contributed by atoms with E-state index in [9.17, 15) is 9.59 Å². The number of nitrogens with one attached hydrogen (secondary N) is 1. The lowest BCUT2D eigenvalue weighted by atomic mass is 10.2. The third-order valence-corrected chi connectivity index (χ3v) is 5.16. The van der Waals surface area contributed by atoms with Crippen LogP contribution in [0.1, 0.15) is 33.0 Å². The first-order chi connectivity index (χ1) is 15.5. The van der Waals surface area contributed by atoms with Gasteiger partial charge in [-0.25, -0.2) is 9.78 Å². The van der Waals surface area contributed by atoms with Crippen molar-refractivity contribution in [1.29, 1.82) is 0 Å². The van der Waals surface area contributed by atoms with E-state index in [1.807, 2.05) is 61.0 Å². The van der Waals surface area contributed by atoms with Crippen molar-refractivity contribution in [3.05, 3.63) is 89.0 Å². The normalized spacial score (nSPS) is 10.8. The number of nitrogens with zero attached hydrogens (tertiary/aromatic N) is 4. The van der Waals surface area contributed by atoms with Gasteiger partial charge >= 0.3 is 5.97 Å². The summed E-state index contributed by atoms with van der Waals surface area (Å²) in [5.41, 5.74) is 5.26. The largest absolute Gasteiger partial charge is 0.451 e. The molecule has 0 aliphatic carbocycles. The second-order valence-electron chi connectivity index (χ2n) is 7.39. The van der Waals surface area contributed by atoms with Crippen molar-refractivity contribution < 1.29 is 14.3 Å². The number of aryl methyl sites for hydroxylation is 1. The van der Waals surface area contributed by atoms with Gasteiger partial charge in [0, 0.05) is 17.8 Å². The van der Waals surface area contributed by atoms with Gasteiger partial charge in [-0.3, -0.25) is 14.5 Å². The molecule has 0 saturated carbocycles. The van der Waals surface area contributed by atoms with Crippen LogP contribution in [0.25, 0.3) is 11.0 Å². The molecular formula is C24H23N5O3. The van der Waals surface area contributed by atoms with Crippen molar-refractivity contribution in [1.82, 2.24) is 25.1 Å². The Morgan fingerprint density at radius 1 is 1.00 bits per heavy atom. The Morgan fingerprint density at radius 3 is 2.50 bits per heavy atom. The van der Waals surface area contributed by atoms with E-state index in [1.54, 1.807) is 12.1 Å². The Labute approximate surface area is 185 Å². The number of amides is 1. The van der Waals surface area contributed by atoms with Gasteiger partial charge in [0.2, 0.25) is 0 Å². The molecule has 8 nitrogen and oxygen atoms in total. The van der Waals surface area contributed by atoms with Crippen LogP contribution in [0.5, 0.6) is 0 Å². The molecule has 0 unspecified atom stereocenters. The lowest BCUT2D eigenvalue weighted by Crippen LogP contribution is -2.29. The van der Waals surface area contributed by atoms with Crippen LogP contribution >= 0.6 is 0 Å². The predicted octanol–water partition coefficient (Wildman–Crippen LogP) is 2.96. The van der Waals surface area contributed by atoms with Gasteiger partial charge in [-0.15, -0.1) is 0 Å². The highest BCUT2D eigenvalue weighted by Crippen LogP contribution is 2.15. The number of para-hydroxylation sites is 2. The number of aromatic nitrogens is 4. The third-order valence-electron chi connectivity index (χ3n) is 5.16. The SMILES string of the molecule is Cc1nn(Cc2ccccc2)c(C)c1CNC(=O)COC(=O)c1cnc2ccccc2n1. The monoisotopic (exact) mass is 429 g/mol. The van der Waals surface area contributed by atoms with Gasteiger partial charge < -0.3 is 10.1 Å². The maximum absolute atomic E-state index is 12.2. The zero-order valence-corrected chi connectivity index (χ0v) is 17.9. The molecule has 0 saturated heterocycles. The molecule has 0 bridgehead atoms. The van der Waals surface area contributed by atoms with Gasteiger partial charge in [-0.1, -0.05) is 42.5 Å². The molecule has 162 valence electrons. The van der Waals surface area contributed by atoms with Crippen LogP contribution in [0, 0.1) is 13.8 Å². The molecule has 1 amide bonds. The minimum absolute atomic E-state index is 0.0605. The average molecular weight is 429 g/mol. The summed E-state index contributed by atoms with van der Waals surface area (Å²) in [5.74, 6) is -1.09. The fourth-order valence-corrected chi connectivity index (χ4v) is 3.40. The fraction of sp³-hybridized carbons (Fsp3) is 0.208. The Bertz CT molecular complexity index is 1270. The van der Waals surface area contributed by atoms with Gasteiger partial charge in [-0.2, -0.15) is 5.10 Å². The number of rotatable bonds is 7. The second-order valence-corrected chi connectivity index (χ2v) is 7.39. The number of ether oxygens (including phenoxy) is 1. The summed E-state index contributed by atoms with van der Waals surface area (Å²) in [6.45, 7) is 4.45. The van der Waals surface area contributed by atoms with Crippen LogP contribution in [0.4, 0.5) is 0 Å². The van der Waals surface area contributed by atoms with Crippen LogP contribution in [0.15, 0.2) is 60.8 Å². The van der Waals surface area contributed by atoms with E-state index in [2.05, 4.69) is 20.4 Å². The number of fused-ring (bicyclic) bond motifs is 1. The molecule has 32 heavy (non-hydrogen) atoms. The summed E-state index contributed by atoms with van der Waals surface area (Å²) in [6.07, 6.45) is 1.34. The molecular weight excluding hydrogens is 406 g/mol. The molecule has 0 fully saturated rings. The number of carbonyl (C=O) groups is 2. The number of hydrogen-bond acceptors (Lipinski definition) is 6. The molecule has 2 aromatic carbocycles. The van der Waals surface area contributed by atoms with Gasteiger partial charge in [0.15, 0.2) is 12.3 Å². The summed E-state index contributed by atoms with van der Waals surface area (Å²) in [6, 6.07) is 17.3. The van der Waals surface area contributed by atoms with Crippen LogP contribution in [0.2, 0.25) is 0 Å². The topological polar surface area (TPSA) is 99.0 Å². The van der Waals surface area contributed by atoms with Gasteiger partial charge in [-0.05, 0) is 31.5 Å². The van der Waals surface area contributed by atoms with Gasteiger partial charge in [0.05, 0.1) is 29.5 Å². The molecule has 4 aromatic rings. The van der Waals surface area contributed by atoms with Crippen molar-refractivity contribution in [3.63, 3.8) is 0 Å². The Balaban J connectivity index is 1.32. The average Bonchev–Trinajstić information content (AvgIpc) is 3.08. The van der Waals surface area contributed by atoms with Crippen molar-refractivity contribution in [2.24, 2.45) is 0 Å². The van der Waals surface area contributed by atoms with Gasteiger partial charge in [0.25, 0.3) is 5.91 Å². The van der Waals surface area contributed by atoms with E-state index in [4.69, 9.17) is 4.74 Å². The first-order valence-electron chi connectivity index (χ1n) is 10.2. The molecule has 1 N–H and O–H groups in total. The Kier molecular flexibility index (Phi) is 6.21. The molecule has 8 heteroatoms. The third kappa shape index (κ3) is 4.80. The zero-order chi connectivity index (χ0) is 22.5. The number of benzene rings is 2. The summed E-state index contributed by atoms with van der Waals surface area (Å²) in [5, 5.41) is 7.38. The van der Waals surface area contributed by atoms with Crippen LogP contribution < -0.4 is 5.32 Å². The molecule has 0 spiro atoms. The van der Waals surface area contributed by atoms with Crippen LogP contribution in [0.3, 0.4) is 0 Å². The van der Waals surface area contributed by atoms with E-state index in [-0.39, 0.29) is 5.69 Å². The van der Waals surface area contributed by atoms with E-state index < -0.39 is 18.5 Å². The highest BCUT2D eigenvalue weighted by Gasteiger charge is 2.15. The molecule has 0 aliphatic rings. The minimum atomic E-state index is -0.693. The van der Waals surface area contributed by atoms with Crippen molar-refractivity contribution in [3.8, 4) is 0 Å². The summed E-state index contributed by atoms with van der Waals surface area (Å²) in [4.78, 5) is 32.9. The lowest BCUT2D eigenvalue weighted by Gasteiger charge is -2.08. The maximum Gasteiger partial charge on any atom is 0.359 e. The number of hydrogen-bond donors (Lipinski definition) is 1. The number of esters is 1. The van der Waals surface area contributed by atoms with E-state index >= 15 is 0 Å². The van der Waals surface area contributed by atoms with E-state index in [0.717, 1.165) is 22.5 Å². The van der Waals surface area contributed by atoms with Crippen molar-refractivity contribution >= 4 is 22.9 Å². The molecule has 0 aliphatic heterocycles. The van der Waals surface area contributed by atoms with Crippen molar-refractivity contribution in [2.75, 3.05) is 6.61 Å². The van der Waals surface area contributed by atoms with Crippen molar-refractivity contribution in [2.45, 2.75) is 26.9 Å². The quantitative estimate of drug-likeness (QED) is 0.454. The van der Waals surface area contributed by atoms with E-state index in [1.165, 1.54) is 6.20 Å². The van der Waals surface area contributed by atoms with Gasteiger partial charge in [0.1, 0.15) is 0 Å².